The second-order valence-electron chi connectivity index (χ2n) is 5.75. The van der Waals surface area contributed by atoms with E-state index in [2.05, 4.69) is 12.2 Å². The zero-order valence-electron chi connectivity index (χ0n) is 13.5. The van der Waals surface area contributed by atoms with Crippen LogP contribution in [0.4, 0.5) is 0 Å². The number of amides is 1. The topological polar surface area (TPSA) is 32.3 Å². The highest BCUT2D eigenvalue weighted by Gasteiger charge is 2.10. The van der Waals surface area contributed by atoms with Crippen LogP contribution in [0, 0.1) is 0 Å². The molecule has 0 saturated carbocycles. The number of rotatable bonds is 12. The van der Waals surface area contributed by atoms with Crippen LogP contribution in [-0.2, 0) is 4.79 Å². The summed E-state index contributed by atoms with van der Waals surface area (Å²) in [6.45, 7) is 7.77. The summed E-state index contributed by atoms with van der Waals surface area (Å²) in [5.74, 6) is 0.189. The van der Waals surface area contributed by atoms with Gasteiger partial charge in [-0.1, -0.05) is 51.9 Å². The fourth-order valence-electron chi connectivity index (χ4n) is 1.99. The molecule has 3 nitrogen and oxygen atoms in total. The van der Waals surface area contributed by atoms with Crippen molar-refractivity contribution in [2.45, 2.75) is 78.2 Å². The van der Waals surface area contributed by atoms with Crippen molar-refractivity contribution in [2.75, 3.05) is 20.1 Å². The van der Waals surface area contributed by atoms with E-state index in [-0.39, 0.29) is 11.9 Å². The van der Waals surface area contributed by atoms with E-state index in [1.54, 1.807) is 4.90 Å². The van der Waals surface area contributed by atoms with Gasteiger partial charge in [0, 0.05) is 13.1 Å². The summed E-state index contributed by atoms with van der Waals surface area (Å²) in [5, 5.41) is 3.24. The third kappa shape index (κ3) is 11.0. The smallest absolute Gasteiger partial charge is 0.236 e. The fraction of sp³-hybridized carbons (Fsp3) is 0.938. The zero-order chi connectivity index (χ0) is 14.5. The van der Waals surface area contributed by atoms with Crippen LogP contribution in [0.3, 0.4) is 0 Å². The first kappa shape index (κ1) is 18.4. The van der Waals surface area contributed by atoms with Gasteiger partial charge in [0.25, 0.3) is 0 Å². The summed E-state index contributed by atoms with van der Waals surface area (Å²) in [5.41, 5.74) is 0. The SMILES string of the molecule is CCCCCCCCCCNCC(=O)N(C)C(C)C. The fourth-order valence-corrected chi connectivity index (χ4v) is 1.99. The number of carbonyl (C=O) groups is 1. The number of likely N-dealkylation sites (N-methyl/N-ethyl adjacent to an activating group) is 1. The number of carbonyl (C=O) groups excluding carboxylic acids is 1. The molecule has 0 bridgehead atoms. The standard InChI is InChI=1S/C16H34N2O/c1-5-6-7-8-9-10-11-12-13-17-14-16(19)18(4)15(2)3/h15,17H,5-14H2,1-4H3. The van der Waals surface area contributed by atoms with Crippen LogP contribution >= 0.6 is 0 Å². The molecular weight excluding hydrogens is 236 g/mol. The molecule has 0 aromatic carbocycles. The maximum absolute atomic E-state index is 11.7. The molecule has 0 aromatic rings. The Bertz CT molecular complexity index is 217. The minimum Gasteiger partial charge on any atom is -0.342 e. The number of nitrogens with zero attached hydrogens (tertiary/aromatic N) is 1. The average Bonchev–Trinajstić information content (AvgIpc) is 2.39. The van der Waals surface area contributed by atoms with Crippen LogP contribution in [0.2, 0.25) is 0 Å². The van der Waals surface area contributed by atoms with Crippen LogP contribution < -0.4 is 5.32 Å². The second-order valence-corrected chi connectivity index (χ2v) is 5.75. The Kier molecular flexibility index (Phi) is 12.1. The Morgan fingerprint density at radius 2 is 1.53 bits per heavy atom. The molecule has 3 heteroatoms. The minimum atomic E-state index is 0.189. The van der Waals surface area contributed by atoms with Gasteiger partial charge in [-0.15, -0.1) is 0 Å². The Balaban J connectivity index is 3.25. The van der Waals surface area contributed by atoms with Crippen LogP contribution in [0.1, 0.15) is 72.1 Å². The van der Waals surface area contributed by atoms with Gasteiger partial charge >= 0.3 is 0 Å². The lowest BCUT2D eigenvalue weighted by Gasteiger charge is -2.21. The molecule has 0 unspecified atom stereocenters. The van der Waals surface area contributed by atoms with E-state index in [1.807, 2.05) is 20.9 Å². The number of unbranched alkanes of at least 4 members (excludes halogenated alkanes) is 7. The highest BCUT2D eigenvalue weighted by atomic mass is 16.2. The van der Waals surface area contributed by atoms with Gasteiger partial charge in [0.05, 0.1) is 6.54 Å². The van der Waals surface area contributed by atoms with E-state index < -0.39 is 0 Å². The highest BCUT2D eigenvalue weighted by Crippen LogP contribution is 2.07. The van der Waals surface area contributed by atoms with Gasteiger partial charge in [-0.05, 0) is 26.8 Å². The number of hydrogen-bond acceptors (Lipinski definition) is 2. The first-order valence-electron chi connectivity index (χ1n) is 8.06. The molecule has 0 saturated heterocycles. The van der Waals surface area contributed by atoms with Crippen molar-refractivity contribution in [2.24, 2.45) is 0 Å². The summed E-state index contributed by atoms with van der Waals surface area (Å²) in [4.78, 5) is 13.5. The molecule has 0 rings (SSSR count). The van der Waals surface area contributed by atoms with Crippen molar-refractivity contribution in [3.63, 3.8) is 0 Å². The molecule has 19 heavy (non-hydrogen) atoms. The molecule has 1 amide bonds. The molecule has 0 heterocycles. The molecule has 0 aliphatic carbocycles. The summed E-state index contributed by atoms with van der Waals surface area (Å²) in [6.07, 6.45) is 10.7. The molecule has 0 aliphatic rings. The highest BCUT2D eigenvalue weighted by molar-refractivity contribution is 5.78. The van der Waals surface area contributed by atoms with E-state index in [4.69, 9.17) is 0 Å². The summed E-state index contributed by atoms with van der Waals surface area (Å²) < 4.78 is 0. The van der Waals surface area contributed by atoms with Crippen molar-refractivity contribution < 1.29 is 4.79 Å². The molecule has 0 aliphatic heterocycles. The molecular formula is C16H34N2O. The van der Waals surface area contributed by atoms with Gasteiger partial charge < -0.3 is 10.2 Å². The quantitative estimate of drug-likeness (QED) is 0.550. The van der Waals surface area contributed by atoms with Crippen molar-refractivity contribution >= 4 is 5.91 Å². The number of nitrogens with one attached hydrogen (secondary N) is 1. The zero-order valence-corrected chi connectivity index (χ0v) is 13.5. The van der Waals surface area contributed by atoms with E-state index in [9.17, 15) is 4.79 Å². The second kappa shape index (κ2) is 12.5. The third-order valence-electron chi connectivity index (χ3n) is 3.65. The molecule has 0 atom stereocenters. The van der Waals surface area contributed by atoms with Crippen molar-refractivity contribution in [1.29, 1.82) is 0 Å². The average molecular weight is 270 g/mol. The molecule has 1 N–H and O–H groups in total. The third-order valence-corrected chi connectivity index (χ3v) is 3.65. The van der Waals surface area contributed by atoms with Crippen LogP contribution in [0.5, 0.6) is 0 Å². The van der Waals surface area contributed by atoms with Gasteiger partial charge in [-0.25, -0.2) is 0 Å². The van der Waals surface area contributed by atoms with E-state index >= 15 is 0 Å². The van der Waals surface area contributed by atoms with Gasteiger partial charge in [-0.2, -0.15) is 0 Å². The van der Waals surface area contributed by atoms with E-state index in [0.29, 0.717) is 6.54 Å². The Labute approximate surface area is 120 Å². The lowest BCUT2D eigenvalue weighted by molar-refractivity contribution is -0.130. The van der Waals surface area contributed by atoms with Gasteiger partial charge in [-0.3, -0.25) is 4.79 Å². The normalized spacial score (nSPS) is 11.0. The lowest BCUT2D eigenvalue weighted by atomic mass is 10.1. The van der Waals surface area contributed by atoms with Gasteiger partial charge in [0.2, 0.25) is 5.91 Å². The van der Waals surface area contributed by atoms with Crippen molar-refractivity contribution in [3.05, 3.63) is 0 Å². The Morgan fingerprint density at radius 1 is 1.00 bits per heavy atom. The predicted molar refractivity (Wildman–Crippen MR) is 83.4 cm³/mol. The minimum absolute atomic E-state index is 0.189. The molecule has 0 aromatic heterocycles. The molecule has 0 spiro atoms. The number of hydrogen-bond donors (Lipinski definition) is 1. The maximum Gasteiger partial charge on any atom is 0.236 e. The Morgan fingerprint density at radius 3 is 2.05 bits per heavy atom. The van der Waals surface area contributed by atoms with Crippen LogP contribution in [-0.4, -0.2) is 37.0 Å². The first-order valence-corrected chi connectivity index (χ1v) is 8.06. The van der Waals surface area contributed by atoms with Crippen molar-refractivity contribution in [3.8, 4) is 0 Å². The maximum atomic E-state index is 11.7. The first-order chi connectivity index (χ1) is 9.09. The molecule has 0 radical (unpaired) electrons. The summed E-state index contributed by atoms with van der Waals surface area (Å²) in [6, 6.07) is 0.289. The van der Waals surface area contributed by atoms with E-state index in [0.717, 1.165) is 6.54 Å². The predicted octanol–water partition coefficient (Wildman–Crippen LogP) is 3.58. The van der Waals surface area contributed by atoms with Gasteiger partial charge in [0.1, 0.15) is 0 Å². The largest absolute Gasteiger partial charge is 0.342 e. The lowest BCUT2D eigenvalue weighted by Crippen LogP contribution is -2.39. The molecule has 114 valence electrons. The molecule has 0 fully saturated rings. The summed E-state index contributed by atoms with van der Waals surface area (Å²) in [7, 11) is 1.87. The van der Waals surface area contributed by atoms with Crippen LogP contribution in [0.15, 0.2) is 0 Å². The monoisotopic (exact) mass is 270 g/mol. The van der Waals surface area contributed by atoms with E-state index in [1.165, 1.54) is 51.4 Å². The van der Waals surface area contributed by atoms with Gasteiger partial charge in [0.15, 0.2) is 0 Å². The van der Waals surface area contributed by atoms with Crippen LogP contribution in [0.25, 0.3) is 0 Å². The van der Waals surface area contributed by atoms with Crippen molar-refractivity contribution in [1.82, 2.24) is 10.2 Å². The Hall–Kier alpha value is -0.570. The summed E-state index contributed by atoms with van der Waals surface area (Å²) >= 11 is 0.